The van der Waals surface area contributed by atoms with E-state index in [-0.39, 0.29) is 11.5 Å². The van der Waals surface area contributed by atoms with Crippen LogP contribution >= 0.6 is 0 Å². The number of benzene rings is 1. The highest BCUT2D eigenvalue weighted by atomic mass is 16.5. The van der Waals surface area contributed by atoms with Gasteiger partial charge in [0.15, 0.2) is 5.75 Å². The molecule has 1 aromatic heterocycles. The fraction of sp³-hybridized carbons (Fsp3) is 0.609. The molecule has 2 aromatic rings. The third-order valence-corrected chi connectivity index (χ3v) is 6.81. The highest BCUT2D eigenvalue weighted by Crippen LogP contribution is 2.43. The molecule has 4 rings (SSSR count). The molecule has 9 nitrogen and oxygen atoms in total. The fourth-order valence-electron chi connectivity index (χ4n) is 4.96. The third kappa shape index (κ3) is 3.84. The van der Waals surface area contributed by atoms with Crippen LogP contribution in [0.1, 0.15) is 39.2 Å². The van der Waals surface area contributed by atoms with Gasteiger partial charge in [-0.1, -0.05) is 13.8 Å². The Morgan fingerprint density at radius 2 is 2.09 bits per heavy atom. The Hall–Kier alpha value is -2.99. The minimum Gasteiger partial charge on any atom is -0.492 e. The summed E-state index contributed by atoms with van der Waals surface area (Å²) in [5.74, 6) is 6.36. The normalized spacial score (nSPS) is 20.8. The van der Waals surface area contributed by atoms with E-state index in [0.717, 1.165) is 57.7 Å². The number of fused-ring (bicyclic) bond motifs is 1. The summed E-state index contributed by atoms with van der Waals surface area (Å²) in [6.07, 6.45) is 2.79. The summed E-state index contributed by atoms with van der Waals surface area (Å²) in [6.45, 7) is 16.3. The molecule has 32 heavy (non-hydrogen) atoms. The predicted molar refractivity (Wildman–Crippen MR) is 126 cm³/mol. The standard InChI is InChI=1S/C23H32N6O3/c1-5-26(13-11-25-3)14-23(2)10-12-27(15-23)18-9-8-17-19(20(18)32-4)28(16-6-7-16)22(31)29(24)21(17)30/h8-9,16H,5-7,10-15,24H2,1-2,4H3. The molecule has 1 saturated carbocycles. The molecule has 0 bridgehead atoms. The van der Waals surface area contributed by atoms with Gasteiger partial charge in [0.05, 0.1) is 24.7 Å². The van der Waals surface area contributed by atoms with Crippen LogP contribution in [0.15, 0.2) is 21.7 Å². The van der Waals surface area contributed by atoms with Crippen molar-refractivity contribution in [2.24, 2.45) is 5.41 Å². The monoisotopic (exact) mass is 440 g/mol. The number of methoxy groups -OCH3 is 1. The number of anilines is 1. The molecule has 0 amide bonds. The van der Waals surface area contributed by atoms with Crippen molar-refractivity contribution in [3.8, 4) is 5.75 Å². The number of rotatable bonds is 8. The summed E-state index contributed by atoms with van der Waals surface area (Å²) in [6, 6.07) is 3.72. The van der Waals surface area contributed by atoms with Gasteiger partial charge in [-0.2, -0.15) is 4.68 Å². The van der Waals surface area contributed by atoms with Gasteiger partial charge in [0.25, 0.3) is 5.56 Å². The van der Waals surface area contributed by atoms with Crippen molar-refractivity contribution in [3.63, 3.8) is 0 Å². The summed E-state index contributed by atoms with van der Waals surface area (Å²) in [4.78, 5) is 33.7. The summed E-state index contributed by atoms with van der Waals surface area (Å²) in [7, 11) is 1.59. The first kappa shape index (κ1) is 22.2. The molecule has 0 spiro atoms. The van der Waals surface area contributed by atoms with Crippen molar-refractivity contribution in [1.82, 2.24) is 14.1 Å². The lowest BCUT2D eigenvalue weighted by Crippen LogP contribution is -2.44. The van der Waals surface area contributed by atoms with Crippen LogP contribution in [0.25, 0.3) is 15.7 Å². The minimum absolute atomic E-state index is 0.0500. The van der Waals surface area contributed by atoms with Crippen LogP contribution in [-0.4, -0.2) is 60.5 Å². The molecule has 172 valence electrons. The second-order valence-electron chi connectivity index (χ2n) is 9.31. The van der Waals surface area contributed by atoms with E-state index >= 15 is 0 Å². The Morgan fingerprint density at radius 3 is 2.72 bits per heavy atom. The van der Waals surface area contributed by atoms with Crippen LogP contribution in [-0.2, 0) is 0 Å². The van der Waals surface area contributed by atoms with E-state index in [1.165, 1.54) is 0 Å². The van der Waals surface area contributed by atoms with Crippen LogP contribution in [0.2, 0.25) is 0 Å². The lowest BCUT2D eigenvalue weighted by atomic mass is 9.89. The van der Waals surface area contributed by atoms with Crippen LogP contribution in [0.4, 0.5) is 5.69 Å². The first-order valence-electron chi connectivity index (χ1n) is 11.3. The molecule has 2 fully saturated rings. The van der Waals surface area contributed by atoms with Crippen molar-refractivity contribution in [2.45, 2.75) is 39.2 Å². The SMILES string of the molecule is [C-]#[N+]CCN(CC)CC1(C)CCN(c2ccc3c(=O)n(N)c(=O)n(C4CC4)c3c2OC)C1. The molecule has 2 aliphatic rings. The van der Waals surface area contributed by atoms with E-state index < -0.39 is 11.2 Å². The lowest BCUT2D eigenvalue weighted by Gasteiger charge is -2.31. The zero-order valence-electron chi connectivity index (χ0n) is 19.1. The van der Waals surface area contributed by atoms with Gasteiger partial charge in [-0.05, 0) is 43.4 Å². The van der Waals surface area contributed by atoms with Crippen molar-refractivity contribution in [3.05, 3.63) is 44.4 Å². The molecule has 2 heterocycles. The maximum absolute atomic E-state index is 12.8. The Morgan fingerprint density at radius 1 is 1.34 bits per heavy atom. The highest BCUT2D eigenvalue weighted by Gasteiger charge is 2.37. The van der Waals surface area contributed by atoms with E-state index in [9.17, 15) is 9.59 Å². The molecule has 2 N–H and O–H groups in total. The Labute approximate surface area is 187 Å². The Bertz CT molecular complexity index is 1180. The molecule has 1 aliphatic carbocycles. The van der Waals surface area contributed by atoms with Crippen molar-refractivity contribution in [1.29, 1.82) is 0 Å². The highest BCUT2D eigenvalue weighted by molar-refractivity contribution is 5.90. The Balaban J connectivity index is 1.72. The number of aromatic nitrogens is 2. The van der Waals surface area contributed by atoms with Gasteiger partial charge in [0.1, 0.15) is 5.52 Å². The smallest absolute Gasteiger partial charge is 0.350 e. The van der Waals surface area contributed by atoms with E-state index in [4.69, 9.17) is 17.2 Å². The van der Waals surface area contributed by atoms with Crippen LogP contribution in [0, 0.1) is 12.0 Å². The quantitative estimate of drug-likeness (QED) is 0.496. The first-order valence-corrected chi connectivity index (χ1v) is 11.3. The van der Waals surface area contributed by atoms with Crippen molar-refractivity contribution in [2.75, 3.05) is 57.1 Å². The average Bonchev–Trinajstić information content (AvgIpc) is 3.55. The van der Waals surface area contributed by atoms with Gasteiger partial charge in [-0.25, -0.2) is 11.4 Å². The molecular formula is C23H32N6O3. The minimum atomic E-state index is -0.503. The second kappa shape index (κ2) is 8.51. The van der Waals surface area contributed by atoms with Gasteiger partial charge in [0, 0.05) is 25.7 Å². The summed E-state index contributed by atoms with van der Waals surface area (Å²) >= 11 is 0. The molecule has 1 aliphatic heterocycles. The summed E-state index contributed by atoms with van der Waals surface area (Å²) in [5, 5.41) is 0.401. The van der Waals surface area contributed by atoms with Crippen LogP contribution < -0.4 is 26.7 Å². The number of hydrogen-bond acceptors (Lipinski definition) is 6. The van der Waals surface area contributed by atoms with Crippen molar-refractivity contribution < 1.29 is 4.74 Å². The summed E-state index contributed by atoms with van der Waals surface area (Å²) < 4.78 is 8.17. The van der Waals surface area contributed by atoms with E-state index in [0.29, 0.717) is 27.9 Å². The predicted octanol–water partition coefficient (Wildman–Crippen LogP) is 1.68. The Kier molecular flexibility index (Phi) is 5.91. The zero-order chi connectivity index (χ0) is 23.0. The van der Waals surface area contributed by atoms with Crippen LogP contribution in [0.3, 0.4) is 0 Å². The first-order chi connectivity index (χ1) is 15.3. The molecular weight excluding hydrogens is 408 g/mol. The maximum atomic E-state index is 12.8. The van der Waals surface area contributed by atoms with Gasteiger partial charge in [-0.3, -0.25) is 14.3 Å². The molecule has 0 radical (unpaired) electrons. The number of nitrogens with zero attached hydrogens (tertiary/aromatic N) is 5. The number of hydrogen-bond donors (Lipinski definition) is 1. The number of nitrogens with two attached hydrogens (primary N) is 1. The van der Waals surface area contributed by atoms with Crippen molar-refractivity contribution >= 4 is 16.6 Å². The fourth-order valence-corrected chi connectivity index (χ4v) is 4.96. The average molecular weight is 441 g/mol. The lowest BCUT2D eigenvalue weighted by molar-refractivity contribution is 0.192. The van der Waals surface area contributed by atoms with E-state index in [1.807, 2.05) is 6.07 Å². The molecule has 9 heteroatoms. The van der Waals surface area contributed by atoms with Gasteiger partial charge in [-0.15, -0.1) is 0 Å². The molecule has 1 atom stereocenters. The van der Waals surface area contributed by atoms with Gasteiger partial charge >= 0.3 is 5.69 Å². The van der Waals surface area contributed by atoms with E-state index in [1.54, 1.807) is 17.7 Å². The zero-order valence-corrected chi connectivity index (χ0v) is 19.1. The van der Waals surface area contributed by atoms with Crippen LogP contribution in [0.5, 0.6) is 5.75 Å². The van der Waals surface area contributed by atoms with Gasteiger partial charge < -0.3 is 20.3 Å². The van der Waals surface area contributed by atoms with E-state index in [2.05, 4.69) is 28.5 Å². The molecule has 1 saturated heterocycles. The maximum Gasteiger partial charge on any atom is 0.350 e. The number of nitrogen functional groups attached to an aromatic ring is 1. The molecule has 1 aromatic carbocycles. The summed E-state index contributed by atoms with van der Waals surface area (Å²) in [5.41, 5.74) is 0.525. The number of likely N-dealkylation sites (N-methyl/N-ethyl adjacent to an activating group) is 1. The number of ether oxygens (including phenoxy) is 1. The largest absolute Gasteiger partial charge is 0.492 e. The molecule has 1 unspecified atom stereocenters. The topological polar surface area (TPSA) is 90.1 Å². The van der Waals surface area contributed by atoms with Gasteiger partial charge in [0.2, 0.25) is 6.54 Å². The second-order valence-corrected chi connectivity index (χ2v) is 9.31. The third-order valence-electron chi connectivity index (χ3n) is 6.81.